The van der Waals surface area contributed by atoms with Crippen molar-refractivity contribution in [2.45, 2.75) is 33.1 Å². The van der Waals surface area contributed by atoms with Crippen molar-refractivity contribution in [3.8, 4) is 0 Å². The van der Waals surface area contributed by atoms with Gasteiger partial charge in [-0.3, -0.25) is 14.4 Å². The summed E-state index contributed by atoms with van der Waals surface area (Å²) in [5.41, 5.74) is 0.836. The fourth-order valence-corrected chi connectivity index (χ4v) is 3.83. The lowest BCUT2D eigenvalue weighted by atomic mass is 9.95. The number of para-hydroxylation sites is 1. The van der Waals surface area contributed by atoms with Gasteiger partial charge in [0.05, 0.1) is 11.8 Å². The number of hydrogen-bond donors (Lipinski definition) is 1. The number of amides is 3. The lowest BCUT2D eigenvalue weighted by Crippen LogP contribution is -2.48. The molecule has 0 aliphatic carbocycles. The molecule has 27 heavy (non-hydrogen) atoms. The van der Waals surface area contributed by atoms with Crippen LogP contribution in [0.25, 0.3) is 0 Å². The standard InChI is InChI=1S/C21H29N3O3/c1-15(2)12-22-20(26)16-7-6-10-23(13-16)21(27)17-11-19(25)24(14-17)18-8-4-3-5-9-18/h3-5,8-9,15-17H,6-7,10-14H2,1-2H3,(H,22,26)/t16-,17-/m1/s1. The highest BCUT2D eigenvalue weighted by Gasteiger charge is 2.39. The van der Waals surface area contributed by atoms with Crippen LogP contribution in [0, 0.1) is 17.8 Å². The van der Waals surface area contributed by atoms with E-state index in [1.165, 1.54) is 0 Å². The summed E-state index contributed by atoms with van der Waals surface area (Å²) in [7, 11) is 0. The minimum Gasteiger partial charge on any atom is -0.356 e. The van der Waals surface area contributed by atoms with Gasteiger partial charge in [-0.2, -0.15) is 0 Å². The Kier molecular flexibility index (Phi) is 6.14. The van der Waals surface area contributed by atoms with Crippen LogP contribution < -0.4 is 10.2 Å². The second kappa shape index (κ2) is 8.55. The summed E-state index contributed by atoms with van der Waals surface area (Å²) in [5, 5.41) is 2.98. The second-order valence-electron chi connectivity index (χ2n) is 8.00. The van der Waals surface area contributed by atoms with E-state index in [-0.39, 0.29) is 36.0 Å². The molecular formula is C21H29N3O3. The van der Waals surface area contributed by atoms with Gasteiger partial charge in [-0.15, -0.1) is 0 Å². The first-order valence-corrected chi connectivity index (χ1v) is 9.87. The minimum atomic E-state index is -0.324. The van der Waals surface area contributed by atoms with Crippen LogP contribution in [0.15, 0.2) is 30.3 Å². The molecule has 1 aromatic rings. The van der Waals surface area contributed by atoms with E-state index < -0.39 is 0 Å². The van der Waals surface area contributed by atoms with Crippen molar-refractivity contribution < 1.29 is 14.4 Å². The molecule has 0 bridgehead atoms. The van der Waals surface area contributed by atoms with Crippen LogP contribution in [-0.4, -0.2) is 48.8 Å². The van der Waals surface area contributed by atoms with Gasteiger partial charge in [-0.25, -0.2) is 0 Å². The SMILES string of the molecule is CC(C)CNC(=O)[C@@H]1CCCN(C(=O)[C@@H]2CC(=O)N(c3ccccc3)C2)C1. The van der Waals surface area contributed by atoms with Crippen LogP contribution in [0.2, 0.25) is 0 Å². The highest BCUT2D eigenvalue weighted by atomic mass is 16.2. The number of nitrogens with one attached hydrogen (secondary N) is 1. The van der Waals surface area contributed by atoms with Crippen molar-refractivity contribution in [3.05, 3.63) is 30.3 Å². The number of carbonyl (C=O) groups excluding carboxylic acids is 3. The average Bonchev–Trinajstić information content (AvgIpc) is 3.08. The minimum absolute atomic E-state index is 0.00291. The van der Waals surface area contributed by atoms with Gasteiger partial charge in [0.15, 0.2) is 0 Å². The molecule has 0 saturated carbocycles. The normalized spacial score (nSPS) is 23.0. The monoisotopic (exact) mass is 371 g/mol. The first-order valence-electron chi connectivity index (χ1n) is 9.87. The van der Waals surface area contributed by atoms with Crippen LogP contribution >= 0.6 is 0 Å². The van der Waals surface area contributed by atoms with Gasteiger partial charge >= 0.3 is 0 Å². The van der Waals surface area contributed by atoms with E-state index in [9.17, 15) is 14.4 Å². The van der Waals surface area contributed by atoms with Crippen LogP contribution in [-0.2, 0) is 14.4 Å². The summed E-state index contributed by atoms with van der Waals surface area (Å²) < 4.78 is 0. The smallest absolute Gasteiger partial charge is 0.228 e. The van der Waals surface area contributed by atoms with Crippen LogP contribution in [0.1, 0.15) is 33.1 Å². The fraction of sp³-hybridized carbons (Fsp3) is 0.571. The predicted molar refractivity (Wildman–Crippen MR) is 104 cm³/mol. The number of rotatable bonds is 5. The van der Waals surface area contributed by atoms with Crippen molar-refractivity contribution in [1.29, 1.82) is 0 Å². The van der Waals surface area contributed by atoms with E-state index in [1.54, 1.807) is 9.80 Å². The summed E-state index contributed by atoms with van der Waals surface area (Å²) in [6.45, 7) is 6.33. The molecule has 3 rings (SSSR count). The van der Waals surface area contributed by atoms with E-state index in [0.717, 1.165) is 18.5 Å². The molecule has 2 heterocycles. The molecule has 2 fully saturated rings. The molecular weight excluding hydrogens is 342 g/mol. The third kappa shape index (κ3) is 4.67. The summed E-state index contributed by atoms with van der Waals surface area (Å²) in [6, 6.07) is 9.47. The topological polar surface area (TPSA) is 69.7 Å². The van der Waals surface area contributed by atoms with Gasteiger partial charge in [0.2, 0.25) is 17.7 Å². The summed E-state index contributed by atoms with van der Waals surface area (Å²) >= 11 is 0. The number of hydrogen-bond acceptors (Lipinski definition) is 3. The number of carbonyl (C=O) groups is 3. The number of nitrogens with zero attached hydrogens (tertiary/aromatic N) is 2. The number of likely N-dealkylation sites (tertiary alicyclic amines) is 1. The number of piperidine rings is 1. The summed E-state index contributed by atoms with van der Waals surface area (Å²) in [4.78, 5) is 41.2. The Balaban J connectivity index is 1.59. The molecule has 6 heteroatoms. The van der Waals surface area contributed by atoms with E-state index in [2.05, 4.69) is 19.2 Å². The Bertz CT molecular complexity index is 689. The zero-order chi connectivity index (χ0) is 19.4. The Labute approximate surface area is 160 Å². The van der Waals surface area contributed by atoms with Gasteiger partial charge in [0, 0.05) is 38.3 Å². The number of anilines is 1. The highest BCUT2D eigenvalue weighted by Crippen LogP contribution is 2.27. The Morgan fingerprint density at radius 1 is 1.15 bits per heavy atom. The first kappa shape index (κ1) is 19.4. The number of benzene rings is 1. The zero-order valence-corrected chi connectivity index (χ0v) is 16.2. The molecule has 3 amide bonds. The molecule has 6 nitrogen and oxygen atoms in total. The first-order chi connectivity index (χ1) is 13.0. The Hall–Kier alpha value is -2.37. The van der Waals surface area contributed by atoms with Gasteiger partial charge < -0.3 is 15.1 Å². The lowest BCUT2D eigenvalue weighted by Gasteiger charge is -2.33. The third-order valence-corrected chi connectivity index (χ3v) is 5.33. The van der Waals surface area contributed by atoms with E-state index in [0.29, 0.717) is 32.1 Å². The van der Waals surface area contributed by atoms with Gasteiger partial charge in [0.1, 0.15) is 0 Å². The van der Waals surface area contributed by atoms with Crippen LogP contribution in [0.4, 0.5) is 5.69 Å². The largest absolute Gasteiger partial charge is 0.356 e. The lowest BCUT2D eigenvalue weighted by molar-refractivity contribution is -0.139. The van der Waals surface area contributed by atoms with Crippen molar-refractivity contribution in [3.63, 3.8) is 0 Å². The molecule has 146 valence electrons. The molecule has 2 aliphatic heterocycles. The van der Waals surface area contributed by atoms with Crippen molar-refractivity contribution in [2.75, 3.05) is 31.1 Å². The van der Waals surface area contributed by atoms with Gasteiger partial charge in [-0.05, 0) is 30.9 Å². The quantitative estimate of drug-likeness (QED) is 0.861. The summed E-state index contributed by atoms with van der Waals surface area (Å²) in [5.74, 6) is -0.0387. The Morgan fingerprint density at radius 2 is 1.89 bits per heavy atom. The molecule has 2 saturated heterocycles. The zero-order valence-electron chi connectivity index (χ0n) is 16.2. The summed E-state index contributed by atoms with van der Waals surface area (Å²) in [6.07, 6.45) is 1.89. The van der Waals surface area contributed by atoms with E-state index in [4.69, 9.17) is 0 Å². The van der Waals surface area contributed by atoms with Crippen molar-refractivity contribution in [1.82, 2.24) is 10.2 Å². The van der Waals surface area contributed by atoms with Crippen molar-refractivity contribution >= 4 is 23.4 Å². The molecule has 2 atom stereocenters. The Morgan fingerprint density at radius 3 is 2.59 bits per heavy atom. The molecule has 1 aromatic carbocycles. The van der Waals surface area contributed by atoms with E-state index >= 15 is 0 Å². The van der Waals surface area contributed by atoms with E-state index in [1.807, 2.05) is 30.3 Å². The second-order valence-corrected chi connectivity index (χ2v) is 8.00. The van der Waals surface area contributed by atoms with Crippen LogP contribution in [0.3, 0.4) is 0 Å². The molecule has 0 radical (unpaired) electrons. The predicted octanol–water partition coefficient (Wildman–Crippen LogP) is 2.05. The molecule has 0 aromatic heterocycles. The maximum Gasteiger partial charge on any atom is 0.228 e. The maximum atomic E-state index is 13.0. The van der Waals surface area contributed by atoms with Crippen LogP contribution in [0.5, 0.6) is 0 Å². The molecule has 0 unspecified atom stereocenters. The average molecular weight is 371 g/mol. The van der Waals surface area contributed by atoms with Gasteiger partial charge in [0.25, 0.3) is 0 Å². The molecule has 2 aliphatic rings. The van der Waals surface area contributed by atoms with Crippen molar-refractivity contribution in [2.24, 2.45) is 17.8 Å². The molecule has 1 N–H and O–H groups in total. The maximum absolute atomic E-state index is 13.0. The fourth-order valence-electron chi connectivity index (χ4n) is 3.83. The van der Waals surface area contributed by atoms with Gasteiger partial charge in [-0.1, -0.05) is 32.0 Å². The third-order valence-electron chi connectivity index (χ3n) is 5.33. The highest BCUT2D eigenvalue weighted by molar-refractivity contribution is 6.00. The molecule has 0 spiro atoms.